The van der Waals surface area contributed by atoms with Crippen LogP contribution in [0.2, 0.25) is 0 Å². The van der Waals surface area contributed by atoms with E-state index in [1.807, 2.05) is 0 Å². The predicted octanol–water partition coefficient (Wildman–Crippen LogP) is 6.91. The average molecular weight is 481 g/mol. The second-order valence-corrected chi connectivity index (χ2v) is 10.6. The largest absolute Gasteiger partial charge is 1.00 e. The molecule has 0 saturated carbocycles. The number of alkyl halides is 1. The Bertz CT molecular complexity index is 298. The Morgan fingerprint density at radius 3 is 0.968 bits per heavy atom. The lowest BCUT2D eigenvalue weighted by atomic mass is 10.1. The first-order chi connectivity index (χ1) is 14.7. The van der Waals surface area contributed by atoms with Gasteiger partial charge in [0.2, 0.25) is 0 Å². The number of rotatable bonds is 25. The topological polar surface area (TPSA) is 0 Å². The van der Waals surface area contributed by atoms with Crippen molar-refractivity contribution in [3.63, 3.8) is 0 Å². The van der Waals surface area contributed by atoms with E-state index in [4.69, 9.17) is 11.6 Å². The van der Waals surface area contributed by atoms with Crippen molar-refractivity contribution in [1.29, 1.82) is 0 Å². The third kappa shape index (κ3) is 25.0. The van der Waals surface area contributed by atoms with Gasteiger partial charge in [0.05, 0.1) is 26.7 Å². The van der Waals surface area contributed by atoms with Crippen molar-refractivity contribution in [3.05, 3.63) is 0 Å². The minimum Gasteiger partial charge on any atom is -1.00 e. The minimum absolute atomic E-state index is 0. The van der Waals surface area contributed by atoms with Gasteiger partial charge in [0, 0.05) is 12.3 Å². The van der Waals surface area contributed by atoms with Gasteiger partial charge in [-0.05, 0) is 25.7 Å². The van der Waals surface area contributed by atoms with Crippen molar-refractivity contribution < 1.29 is 16.9 Å². The molecule has 0 saturated heterocycles. The van der Waals surface area contributed by atoms with Gasteiger partial charge in [0.25, 0.3) is 0 Å². The van der Waals surface area contributed by atoms with Crippen molar-refractivity contribution in [2.75, 3.05) is 32.6 Å². The van der Waals surface area contributed by atoms with Gasteiger partial charge in [-0.25, -0.2) is 0 Å². The number of hydrogen-bond acceptors (Lipinski definition) is 0. The molecule has 0 amide bonds. The highest BCUT2D eigenvalue weighted by atomic mass is 35.5. The predicted molar refractivity (Wildman–Crippen MR) is 140 cm³/mol. The molecule has 0 atom stereocenters. The molecule has 0 spiro atoms. The molecule has 0 bridgehead atoms. The Morgan fingerprint density at radius 1 is 0.419 bits per heavy atom. The molecule has 190 valence electrons. The van der Waals surface area contributed by atoms with Crippen LogP contribution in [-0.2, 0) is 0 Å². The molecule has 0 heterocycles. The van der Waals surface area contributed by atoms with Crippen LogP contribution in [0.3, 0.4) is 0 Å². The van der Waals surface area contributed by atoms with E-state index in [9.17, 15) is 0 Å². The number of halogens is 2. The highest BCUT2D eigenvalue weighted by Gasteiger charge is 2.19. The summed E-state index contributed by atoms with van der Waals surface area (Å²) >= 11 is 6.03. The molecule has 0 radical (unpaired) electrons. The Balaban J connectivity index is 0. The fraction of sp³-hybridized carbons (Fsp3) is 1.00. The van der Waals surface area contributed by atoms with Gasteiger partial charge < -0.3 is 16.9 Å². The van der Waals surface area contributed by atoms with Crippen molar-refractivity contribution in [1.82, 2.24) is 0 Å². The summed E-state index contributed by atoms with van der Waals surface area (Å²) in [6.07, 6.45) is 29.9. The van der Waals surface area contributed by atoms with Crippen LogP contribution in [0.1, 0.15) is 149 Å². The van der Waals surface area contributed by atoms with Gasteiger partial charge in [-0.2, -0.15) is 0 Å². The zero-order valence-corrected chi connectivity index (χ0v) is 23.4. The summed E-state index contributed by atoms with van der Waals surface area (Å²) < 4.78 is 1.26. The SMILES string of the molecule is CCCCCCCCCCCC[N+](C)(CCCCl)CCCCCCCCCCCC.[Cl-]. The van der Waals surface area contributed by atoms with Gasteiger partial charge in [0.15, 0.2) is 0 Å². The Labute approximate surface area is 209 Å². The first kappa shape index (κ1) is 33.7. The molecule has 0 aliphatic rings. The second-order valence-electron chi connectivity index (χ2n) is 10.2. The number of quaternary nitrogens is 1. The summed E-state index contributed by atoms with van der Waals surface area (Å²) in [5.41, 5.74) is 0. The molecule has 0 aromatic carbocycles. The third-order valence-electron chi connectivity index (χ3n) is 6.93. The second kappa shape index (κ2) is 26.8. The molecule has 0 unspecified atom stereocenters. The normalized spacial score (nSPS) is 11.6. The first-order valence-corrected chi connectivity index (χ1v) is 14.6. The maximum absolute atomic E-state index is 6.03. The standard InChI is InChI=1S/C28H59ClN.ClH/c1-4-6-8-10-12-14-16-18-20-22-26-30(3,28-24-25-29)27-23-21-19-17-15-13-11-9-7-5-2;/h4-28H2,1-3H3;1H/q+1;/p-1. The monoisotopic (exact) mass is 479 g/mol. The molecule has 0 aromatic rings. The zero-order chi connectivity index (χ0) is 22.2. The molecule has 0 N–H and O–H groups in total. The summed E-state index contributed by atoms with van der Waals surface area (Å²) in [6, 6.07) is 0. The van der Waals surface area contributed by atoms with E-state index >= 15 is 0 Å². The van der Waals surface area contributed by atoms with Crippen LogP contribution >= 0.6 is 11.6 Å². The fourth-order valence-electron chi connectivity index (χ4n) is 4.74. The highest BCUT2D eigenvalue weighted by Crippen LogP contribution is 2.16. The molecule has 0 aromatic heterocycles. The molecule has 0 rings (SSSR count). The van der Waals surface area contributed by atoms with Gasteiger partial charge in [-0.3, -0.25) is 0 Å². The summed E-state index contributed by atoms with van der Waals surface area (Å²) in [7, 11) is 2.49. The fourth-order valence-corrected chi connectivity index (χ4v) is 4.86. The van der Waals surface area contributed by atoms with E-state index < -0.39 is 0 Å². The quantitative estimate of drug-likeness (QED) is 0.0757. The zero-order valence-electron chi connectivity index (χ0n) is 21.9. The van der Waals surface area contributed by atoms with Crippen LogP contribution < -0.4 is 12.4 Å². The number of hydrogen-bond donors (Lipinski definition) is 0. The van der Waals surface area contributed by atoms with Crippen LogP contribution in [0, 0.1) is 0 Å². The number of nitrogens with zero attached hydrogens (tertiary/aromatic N) is 1. The smallest absolute Gasteiger partial charge is 0.0796 e. The minimum atomic E-state index is 0. The van der Waals surface area contributed by atoms with E-state index in [2.05, 4.69) is 20.9 Å². The van der Waals surface area contributed by atoms with E-state index in [0.717, 1.165) is 5.88 Å². The van der Waals surface area contributed by atoms with E-state index in [1.54, 1.807) is 0 Å². The van der Waals surface area contributed by atoms with Crippen molar-refractivity contribution in [2.45, 2.75) is 149 Å². The summed E-state index contributed by atoms with van der Waals surface area (Å²) in [5.74, 6) is 0.823. The Hall–Kier alpha value is 0.540. The lowest BCUT2D eigenvalue weighted by molar-refractivity contribution is -0.910. The summed E-state index contributed by atoms with van der Waals surface area (Å²) in [4.78, 5) is 0. The average Bonchev–Trinajstić information content (AvgIpc) is 2.75. The van der Waals surface area contributed by atoms with E-state index in [0.29, 0.717) is 0 Å². The van der Waals surface area contributed by atoms with Crippen LogP contribution in [0.4, 0.5) is 0 Å². The molecule has 31 heavy (non-hydrogen) atoms. The van der Waals surface area contributed by atoms with Crippen LogP contribution in [-0.4, -0.2) is 37.0 Å². The van der Waals surface area contributed by atoms with Crippen LogP contribution in [0.5, 0.6) is 0 Å². The summed E-state index contributed by atoms with van der Waals surface area (Å²) in [5, 5.41) is 0. The molecule has 0 fully saturated rings. The Kier molecular flexibility index (Phi) is 29.1. The van der Waals surface area contributed by atoms with Gasteiger partial charge in [-0.1, -0.05) is 117 Å². The third-order valence-corrected chi connectivity index (χ3v) is 7.20. The van der Waals surface area contributed by atoms with Gasteiger partial charge in [0.1, 0.15) is 0 Å². The molecule has 1 nitrogen and oxygen atoms in total. The van der Waals surface area contributed by atoms with Crippen LogP contribution in [0.15, 0.2) is 0 Å². The number of unbranched alkanes of at least 4 members (excludes halogenated alkanes) is 18. The molecule has 0 aliphatic heterocycles. The first-order valence-electron chi connectivity index (χ1n) is 14.1. The molecular formula is C28H59Cl2N. The lowest BCUT2D eigenvalue weighted by Gasteiger charge is -2.35. The van der Waals surface area contributed by atoms with Gasteiger partial charge in [-0.15, -0.1) is 11.6 Å². The van der Waals surface area contributed by atoms with E-state index in [-0.39, 0.29) is 12.4 Å². The summed E-state index contributed by atoms with van der Waals surface area (Å²) in [6.45, 7) is 8.61. The van der Waals surface area contributed by atoms with Crippen molar-refractivity contribution in [2.24, 2.45) is 0 Å². The maximum atomic E-state index is 6.03. The molecule has 0 aliphatic carbocycles. The maximum Gasteiger partial charge on any atom is 0.0796 e. The van der Waals surface area contributed by atoms with Crippen molar-refractivity contribution >= 4 is 11.6 Å². The Morgan fingerprint density at radius 2 is 0.677 bits per heavy atom. The van der Waals surface area contributed by atoms with Crippen LogP contribution in [0.25, 0.3) is 0 Å². The molecular weight excluding hydrogens is 421 g/mol. The highest BCUT2D eigenvalue weighted by molar-refractivity contribution is 6.17. The lowest BCUT2D eigenvalue weighted by Crippen LogP contribution is -3.00. The molecule has 3 heteroatoms. The van der Waals surface area contributed by atoms with E-state index in [1.165, 1.54) is 159 Å². The van der Waals surface area contributed by atoms with Crippen molar-refractivity contribution in [3.8, 4) is 0 Å². The van der Waals surface area contributed by atoms with Gasteiger partial charge >= 0.3 is 0 Å².